The minimum Gasteiger partial charge on any atom is -0.469 e. The molecule has 0 radical (unpaired) electrons. The number of nitrogens with two attached hydrogens (primary N) is 1. The van der Waals surface area contributed by atoms with Crippen molar-refractivity contribution in [3.05, 3.63) is 58.7 Å². The maximum absolute atomic E-state index is 5.74. The van der Waals surface area contributed by atoms with E-state index in [2.05, 4.69) is 18.0 Å². The van der Waals surface area contributed by atoms with Crippen LogP contribution in [-0.4, -0.2) is 0 Å². The Labute approximate surface area is 99.4 Å². The molecule has 0 saturated carbocycles. The quantitative estimate of drug-likeness (QED) is 0.803. The van der Waals surface area contributed by atoms with Gasteiger partial charge in [0.05, 0.1) is 6.26 Å². The Morgan fingerprint density at radius 3 is 3.00 bits per heavy atom. The molecule has 0 spiro atoms. The van der Waals surface area contributed by atoms with Crippen molar-refractivity contribution < 1.29 is 4.42 Å². The SMILES string of the molecule is C=CCC(c1ccco1)c1ccsc1CN. The highest BCUT2D eigenvalue weighted by Crippen LogP contribution is 2.33. The lowest BCUT2D eigenvalue weighted by Crippen LogP contribution is -2.03. The van der Waals surface area contributed by atoms with Crippen LogP contribution in [0, 0.1) is 0 Å². The van der Waals surface area contributed by atoms with Gasteiger partial charge in [0.2, 0.25) is 0 Å². The Morgan fingerprint density at radius 1 is 1.50 bits per heavy atom. The maximum Gasteiger partial charge on any atom is 0.111 e. The molecule has 2 heterocycles. The molecule has 2 N–H and O–H groups in total. The van der Waals surface area contributed by atoms with Crippen LogP contribution >= 0.6 is 11.3 Å². The molecule has 3 heteroatoms. The van der Waals surface area contributed by atoms with E-state index in [-0.39, 0.29) is 5.92 Å². The third-order valence-electron chi connectivity index (χ3n) is 2.63. The third kappa shape index (κ3) is 2.10. The van der Waals surface area contributed by atoms with E-state index in [0.29, 0.717) is 6.54 Å². The Morgan fingerprint density at radius 2 is 2.38 bits per heavy atom. The van der Waals surface area contributed by atoms with E-state index >= 15 is 0 Å². The lowest BCUT2D eigenvalue weighted by Gasteiger charge is -2.13. The fraction of sp³-hybridized carbons (Fsp3) is 0.231. The van der Waals surface area contributed by atoms with Crippen LogP contribution in [-0.2, 0) is 6.54 Å². The summed E-state index contributed by atoms with van der Waals surface area (Å²) in [5, 5.41) is 2.08. The monoisotopic (exact) mass is 233 g/mol. The molecule has 0 aliphatic rings. The Kier molecular flexibility index (Phi) is 3.59. The molecule has 0 amide bonds. The molecule has 1 unspecified atom stereocenters. The lowest BCUT2D eigenvalue weighted by atomic mass is 9.93. The highest BCUT2D eigenvalue weighted by atomic mass is 32.1. The van der Waals surface area contributed by atoms with Crippen LogP contribution in [0.1, 0.15) is 28.5 Å². The van der Waals surface area contributed by atoms with E-state index in [1.807, 2.05) is 18.2 Å². The van der Waals surface area contributed by atoms with E-state index < -0.39 is 0 Å². The zero-order chi connectivity index (χ0) is 11.4. The normalized spacial score (nSPS) is 12.6. The van der Waals surface area contributed by atoms with E-state index in [4.69, 9.17) is 10.2 Å². The summed E-state index contributed by atoms with van der Waals surface area (Å²) in [5.41, 5.74) is 7.00. The van der Waals surface area contributed by atoms with Crippen molar-refractivity contribution in [1.29, 1.82) is 0 Å². The number of furan rings is 1. The molecule has 0 aromatic carbocycles. The smallest absolute Gasteiger partial charge is 0.111 e. The molecule has 2 aromatic rings. The summed E-state index contributed by atoms with van der Waals surface area (Å²) in [6.07, 6.45) is 4.50. The second-order valence-electron chi connectivity index (χ2n) is 3.60. The predicted molar refractivity (Wildman–Crippen MR) is 67.6 cm³/mol. The summed E-state index contributed by atoms with van der Waals surface area (Å²) in [6, 6.07) is 6.05. The molecular weight excluding hydrogens is 218 g/mol. The summed E-state index contributed by atoms with van der Waals surface area (Å²) < 4.78 is 5.49. The lowest BCUT2D eigenvalue weighted by molar-refractivity contribution is 0.486. The van der Waals surface area contributed by atoms with Crippen molar-refractivity contribution in [2.45, 2.75) is 18.9 Å². The summed E-state index contributed by atoms with van der Waals surface area (Å²) in [4.78, 5) is 1.23. The zero-order valence-electron chi connectivity index (χ0n) is 9.06. The van der Waals surface area contributed by atoms with Gasteiger partial charge in [-0.3, -0.25) is 0 Å². The van der Waals surface area contributed by atoms with Gasteiger partial charge in [-0.1, -0.05) is 6.08 Å². The number of thiophene rings is 1. The first-order chi connectivity index (χ1) is 7.86. The summed E-state index contributed by atoms with van der Waals surface area (Å²) in [6.45, 7) is 4.39. The van der Waals surface area contributed by atoms with Crippen molar-refractivity contribution in [3.63, 3.8) is 0 Å². The predicted octanol–water partition coefficient (Wildman–Crippen LogP) is 3.51. The number of rotatable bonds is 5. The first kappa shape index (κ1) is 11.2. The largest absolute Gasteiger partial charge is 0.469 e. The highest BCUT2D eigenvalue weighted by molar-refractivity contribution is 7.10. The molecule has 0 saturated heterocycles. The van der Waals surface area contributed by atoms with Gasteiger partial charge in [-0.2, -0.15) is 0 Å². The molecule has 1 atom stereocenters. The zero-order valence-corrected chi connectivity index (χ0v) is 9.87. The molecule has 0 bridgehead atoms. The topological polar surface area (TPSA) is 39.2 Å². The second-order valence-corrected chi connectivity index (χ2v) is 4.60. The van der Waals surface area contributed by atoms with Gasteiger partial charge in [-0.25, -0.2) is 0 Å². The van der Waals surface area contributed by atoms with E-state index in [0.717, 1.165) is 12.2 Å². The minimum absolute atomic E-state index is 0.247. The van der Waals surface area contributed by atoms with Crippen LogP contribution in [0.25, 0.3) is 0 Å². The first-order valence-electron chi connectivity index (χ1n) is 5.27. The molecule has 0 fully saturated rings. The van der Waals surface area contributed by atoms with Gasteiger partial charge in [0, 0.05) is 17.3 Å². The van der Waals surface area contributed by atoms with Gasteiger partial charge < -0.3 is 10.2 Å². The van der Waals surface area contributed by atoms with Crippen molar-refractivity contribution in [1.82, 2.24) is 0 Å². The molecule has 2 aromatic heterocycles. The van der Waals surface area contributed by atoms with Gasteiger partial charge in [0.25, 0.3) is 0 Å². The van der Waals surface area contributed by atoms with Crippen molar-refractivity contribution in [2.24, 2.45) is 5.73 Å². The van der Waals surface area contributed by atoms with Crippen LogP contribution in [0.2, 0.25) is 0 Å². The van der Waals surface area contributed by atoms with Crippen LogP contribution < -0.4 is 5.73 Å². The van der Waals surface area contributed by atoms with Gasteiger partial charge in [-0.15, -0.1) is 17.9 Å². The Balaban J connectivity index is 2.36. The molecule has 84 valence electrons. The van der Waals surface area contributed by atoms with Gasteiger partial charge in [0.15, 0.2) is 0 Å². The number of hydrogen-bond donors (Lipinski definition) is 1. The first-order valence-corrected chi connectivity index (χ1v) is 6.15. The van der Waals surface area contributed by atoms with E-state index in [9.17, 15) is 0 Å². The average Bonchev–Trinajstić information content (AvgIpc) is 2.96. The van der Waals surface area contributed by atoms with Crippen molar-refractivity contribution in [3.8, 4) is 0 Å². The fourth-order valence-electron chi connectivity index (χ4n) is 1.88. The summed E-state index contributed by atoms with van der Waals surface area (Å²) >= 11 is 1.70. The highest BCUT2D eigenvalue weighted by Gasteiger charge is 2.18. The Bertz CT molecular complexity index is 444. The minimum atomic E-state index is 0.247. The summed E-state index contributed by atoms with van der Waals surface area (Å²) in [5.74, 6) is 1.23. The Hall–Kier alpha value is -1.32. The van der Waals surface area contributed by atoms with Crippen molar-refractivity contribution in [2.75, 3.05) is 0 Å². The van der Waals surface area contributed by atoms with Crippen molar-refractivity contribution >= 4 is 11.3 Å². The molecule has 0 aliphatic carbocycles. The van der Waals surface area contributed by atoms with Gasteiger partial charge in [0.1, 0.15) is 5.76 Å². The standard InChI is InChI=1S/C13H15NOS/c1-2-4-10(12-5-3-7-15-12)11-6-8-16-13(11)9-14/h2-3,5-8,10H,1,4,9,14H2. The number of allylic oxidation sites excluding steroid dienone is 1. The average molecular weight is 233 g/mol. The third-order valence-corrected chi connectivity index (χ3v) is 3.59. The maximum atomic E-state index is 5.74. The van der Waals surface area contributed by atoms with Crippen LogP contribution in [0.5, 0.6) is 0 Å². The molecular formula is C13H15NOS. The molecule has 2 rings (SSSR count). The molecule has 16 heavy (non-hydrogen) atoms. The fourth-order valence-corrected chi connectivity index (χ4v) is 2.70. The van der Waals surface area contributed by atoms with Gasteiger partial charge in [-0.05, 0) is 35.6 Å². The van der Waals surface area contributed by atoms with E-state index in [1.165, 1.54) is 10.4 Å². The van der Waals surface area contributed by atoms with Crippen LogP contribution in [0.3, 0.4) is 0 Å². The number of hydrogen-bond acceptors (Lipinski definition) is 3. The second kappa shape index (κ2) is 5.14. The van der Waals surface area contributed by atoms with Crippen LogP contribution in [0.15, 0.2) is 46.9 Å². The van der Waals surface area contributed by atoms with E-state index in [1.54, 1.807) is 17.6 Å². The van der Waals surface area contributed by atoms with Crippen LogP contribution in [0.4, 0.5) is 0 Å². The molecule has 2 nitrogen and oxygen atoms in total. The molecule has 0 aliphatic heterocycles. The summed E-state index contributed by atoms with van der Waals surface area (Å²) in [7, 11) is 0. The van der Waals surface area contributed by atoms with Gasteiger partial charge >= 0.3 is 0 Å².